The molecule has 0 aliphatic heterocycles. The molecule has 0 atom stereocenters. The normalized spacial score (nSPS) is 19.3. The summed E-state index contributed by atoms with van der Waals surface area (Å²) in [5.74, 6) is -2.46. The second kappa shape index (κ2) is 8.55. The first-order valence-corrected chi connectivity index (χ1v) is 10.6. The van der Waals surface area contributed by atoms with Gasteiger partial charge in [0.15, 0.2) is 11.5 Å². The number of hydrogen-bond acceptors (Lipinski definition) is 5. The molecule has 0 radical (unpaired) electrons. The van der Waals surface area contributed by atoms with Crippen LogP contribution in [-0.2, 0) is 5.60 Å². The number of aliphatic hydroxyl groups excluding tert-OH is 1. The average Bonchev–Trinajstić information content (AvgIpc) is 3.15. The van der Waals surface area contributed by atoms with Crippen LogP contribution in [0, 0.1) is 17.6 Å². The van der Waals surface area contributed by atoms with E-state index in [0.717, 1.165) is 37.3 Å². The number of benzene rings is 1. The van der Waals surface area contributed by atoms with Crippen LogP contribution < -0.4 is 5.32 Å². The summed E-state index contributed by atoms with van der Waals surface area (Å²) in [6.07, 6.45) is 6.36. The Bertz CT molecular complexity index is 1150. The molecule has 1 aromatic carbocycles. The number of rotatable bonds is 5. The van der Waals surface area contributed by atoms with Gasteiger partial charge in [0.2, 0.25) is 0 Å². The molecule has 2 heterocycles. The number of hydrogen-bond donors (Lipinski definition) is 3. The minimum atomic E-state index is -1.31. The number of carbonyl (C=O) groups excluding carboxylic acids is 1. The molecule has 2 aromatic heterocycles. The van der Waals surface area contributed by atoms with Crippen LogP contribution in [0.1, 0.15) is 61.6 Å². The molecule has 3 aromatic rings. The Morgan fingerprint density at radius 2 is 1.94 bits per heavy atom. The molecule has 4 rings (SSSR count). The van der Waals surface area contributed by atoms with E-state index in [1.165, 1.54) is 0 Å². The van der Waals surface area contributed by atoms with Crippen LogP contribution in [0.2, 0.25) is 0 Å². The number of aliphatic hydroxyl groups is 2. The molecule has 1 aliphatic carbocycles. The fourth-order valence-electron chi connectivity index (χ4n) is 4.24. The van der Waals surface area contributed by atoms with Crippen molar-refractivity contribution in [3.8, 4) is 0 Å². The van der Waals surface area contributed by atoms with Gasteiger partial charge in [-0.3, -0.25) is 9.48 Å². The van der Waals surface area contributed by atoms with Gasteiger partial charge in [-0.2, -0.15) is 5.10 Å². The number of aromatic nitrogens is 3. The van der Waals surface area contributed by atoms with Crippen molar-refractivity contribution in [3.63, 3.8) is 0 Å². The Morgan fingerprint density at radius 3 is 2.56 bits per heavy atom. The summed E-state index contributed by atoms with van der Waals surface area (Å²) in [5.41, 5.74) is -0.478. The van der Waals surface area contributed by atoms with Crippen molar-refractivity contribution < 1.29 is 23.8 Å². The maximum absolute atomic E-state index is 14.0. The van der Waals surface area contributed by atoms with Crippen LogP contribution >= 0.6 is 0 Å². The smallest absolute Gasteiger partial charge is 0.277 e. The standard InChI is InChI=1S/C23H26F2N4O3/c1-23(2,32)17-9-19-14(11-29(28-19)16-5-3-13(12-30)4-6-16)7-20(17)27-22(31)21-18(25)8-15(24)10-26-21/h7-11,13,16,30,32H,3-6,12H2,1-2H3,(H,27,31)/t13-,16-. The molecule has 7 nitrogen and oxygen atoms in total. The van der Waals surface area contributed by atoms with Gasteiger partial charge in [-0.05, 0) is 57.6 Å². The van der Waals surface area contributed by atoms with Gasteiger partial charge in [-0.25, -0.2) is 13.8 Å². The van der Waals surface area contributed by atoms with Gasteiger partial charge in [-0.1, -0.05) is 0 Å². The van der Waals surface area contributed by atoms with Crippen molar-refractivity contribution in [2.24, 2.45) is 5.92 Å². The van der Waals surface area contributed by atoms with Gasteiger partial charge in [0, 0.05) is 35.5 Å². The van der Waals surface area contributed by atoms with Gasteiger partial charge in [0.25, 0.3) is 5.91 Å². The zero-order valence-corrected chi connectivity index (χ0v) is 18.0. The number of carbonyl (C=O) groups is 1. The number of nitrogens with one attached hydrogen (secondary N) is 1. The molecule has 1 amide bonds. The maximum Gasteiger partial charge on any atom is 0.277 e. The van der Waals surface area contributed by atoms with Crippen LogP contribution in [0.25, 0.3) is 10.9 Å². The van der Waals surface area contributed by atoms with E-state index < -0.39 is 28.8 Å². The lowest BCUT2D eigenvalue weighted by molar-refractivity contribution is 0.0793. The molecular weight excluding hydrogens is 418 g/mol. The number of anilines is 1. The third-order valence-corrected chi connectivity index (χ3v) is 6.04. The average molecular weight is 444 g/mol. The zero-order valence-electron chi connectivity index (χ0n) is 18.0. The predicted molar refractivity (Wildman–Crippen MR) is 115 cm³/mol. The Kier molecular flexibility index (Phi) is 5.96. The Labute approximate surface area is 184 Å². The Balaban J connectivity index is 1.67. The lowest BCUT2D eigenvalue weighted by Gasteiger charge is -2.27. The van der Waals surface area contributed by atoms with Crippen LogP contribution in [0.3, 0.4) is 0 Å². The summed E-state index contributed by atoms with van der Waals surface area (Å²) in [4.78, 5) is 16.2. The summed E-state index contributed by atoms with van der Waals surface area (Å²) in [6.45, 7) is 3.36. The third kappa shape index (κ3) is 4.49. The number of pyridine rings is 1. The first-order chi connectivity index (χ1) is 15.2. The van der Waals surface area contributed by atoms with Crippen molar-refractivity contribution in [1.29, 1.82) is 0 Å². The Morgan fingerprint density at radius 1 is 1.22 bits per heavy atom. The molecule has 1 fully saturated rings. The summed E-state index contributed by atoms with van der Waals surface area (Å²) >= 11 is 0. The molecule has 0 unspecified atom stereocenters. The van der Waals surface area contributed by atoms with E-state index in [-0.39, 0.29) is 12.6 Å². The van der Waals surface area contributed by atoms with Crippen molar-refractivity contribution >= 4 is 22.5 Å². The largest absolute Gasteiger partial charge is 0.396 e. The molecule has 9 heteroatoms. The zero-order chi connectivity index (χ0) is 23.0. The van der Waals surface area contributed by atoms with E-state index in [1.54, 1.807) is 26.0 Å². The van der Waals surface area contributed by atoms with Crippen LogP contribution in [-0.4, -0.2) is 37.5 Å². The summed E-state index contributed by atoms with van der Waals surface area (Å²) in [7, 11) is 0. The topological polar surface area (TPSA) is 100 Å². The van der Waals surface area contributed by atoms with E-state index >= 15 is 0 Å². The number of halogens is 2. The van der Waals surface area contributed by atoms with Gasteiger partial charge in [-0.15, -0.1) is 0 Å². The van der Waals surface area contributed by atoms with Crippen LogP contribution in [0.5, 0.6) is 0 Å². The lowest BCUT2D eigenvalue weighted by Crippen LogP contribution is -2.22. The number of nitrogens with zero attached hydrogens (tertiary/aromatic N) is 3. The minimum Gasteiger partial charge on any atom is -0.396 e. The second-order valence-corrected chi connectivity index (χ2v) is 8.92. The molecule has 0 spiro atoms. The van der Waals surface area contributed by atoms with Crippen molar-refractivity contribution in [2.75, 3.05) is 11.9 Å². The van der Waals surface area contributed by atoms with Gasteiger partial charge >= 0.3 is 0 Å². The SMILES string of the molecule is CC(C)(O)c1cc2nn([C@H]3CC[C@H](CO)CC3)cc2cc1NC(=O)c1ncc(F)cc1F. The number of amides is 1. The highest BCUT2D eigenvalue weighted by Crippen LogP contribution is 2.35. The summed E-state index contributed by atoms with van der Waals surface area (Å²) < 4.78 is 29.1. The molecule has 1 saturated carbocycles. The first-order valence-electron chi connectivity index (χ1n) is 10.6. The van der Waals surface area contributed by atoms with Gasteiger partial charge < -0.3 is 15.5 Å². The monoisotopic (exact) mass is 444 g/mol. The molecule has 0 bridgehead atoms. The van der Waals surface area contributed by atoms with E-state index in [4.69, 9.17) is 0 Å². The molecule has 3 N–H and O–H groups in total. The first kappa shape index (κ1) is 22.3. The maximum atomic E-state index is 14.0. The van der Waals surface area contributed by atoms with Crippen LogP contribution in [0.15, 0.2) is 30.6 Å². The van der Waals surface area contributed by atoms with Crippen molar-refractivity contribution in [2.45, 2.75) is 51.2 Å². The van der Waals surface area contributed by atoms with Crippen molar-refractivity contribution in [3.05, 3.63) is 53.5 Å². The summed E-state index contributed by atoms with van der Waals surface area (Å²) in [6, 6.07) is 4.20. The molecule has 0 saturated heterocycles. The fraction of sp³-hybridized carbons (Fsp3) is 0.435. The molecule has 170 valence electrons. The highest BCUT2D eigenvalue weighted by Gasteiger charge is 2.26. The highest BCUT2D eigenvalue weighted by molar-refractivity contribution is 6.04. The molecule has 1 aliphatic rings. The third-order valence-electron chi connectivity index (χ3n) is 6.04. The second-order valence-electron chi connectivity index (χ2n) is 8.92. The van der Waals surface area contributed by atoms with Crippen molar-refractivity contribution in [1.82, 2.24) is 14.8 Å². The minimum absolute atomic E-state index is 0.204. The van der Waals surface area contributed by atoms with E-state index in [9.17, 15) is 23.8 Å². The predicted octanol–water partition coefficient (Wildman–Crippen LogP) is 3.91. The van der Waals surface area contributed by atoms with Crippen LogP contribution in [0.4, 0.5) is 14.5 Å². The quantitative estimate of drug-likeness (QED) is 0.554. The lowest BCUT2D eigenvalue weighted by atomic mass is 9.87. The van der Waals surface area contributed by atoms with E-state index in [1.807, 2.05) is 10.9 Å². The van der Waals surface area contributed by atoms with Gasteiger partial charge in [0.05, 0.1) is 23.4 Å². The summed E-state index contributed by atoms with van der Waals surface area (Å²) in [5, 5.41) is 28.1. The number of fused-ring (bicyclic) bond motifs is 1. The van der Waals surface area contributed by atoms with Gasteiger partial charge in [0.1, 0.15) is 5.82 Å². The molecular formula is C23H26F2N4O3. The highest BCUT2D eigenvalue weighted by atomic mass is 19.1. The van der Waals surface area contributed by atoms with E-state index in [2.05, 4.69) is 15.4 Å². The Hall–Kier alpha value is -2.91. The van der Waals surface area contributed by atoms with E-state index in [0.29, 0.717) is 28.8 Å². The fourth-order valence-corrected chi connectivity index (χ4v) is 4.24. The molecule has 32 heavy (non-hydrogen) atoms.